The zero-order chi connectivity index (χ0) is 13.9. The highest BCUT2D eigenvalue weighted by molar-refractivity contribution is 5.64. The first kappa shape index (κ1) is 13.9. The number of nitrogens with zero attached hydrogens (tertiary/aromatic N) is 3. The van der Waals surface area contributed by atoms with Gasteiger partial charge in [-0.3, -0.25) is 0 Å². The summed E-state index contributed by atoms with van der Waals surface area (Å²) in [5, 5.41) is 13.2. The Labute approximate surface area is 113 Å². The van der Waals surface area contributed by atoms with Crippen LogP contribution >= 0.6 is 0 Å². The average Bonchev–Trinajstić information content (AvgIpc) is 2.39. The number of nitrogens with one attached hydrogen (secondary N) is 1. The first-order valence-electron chi connectivity index (χ1n) is 6.67. The minimum atomic E-state index is -0.568. The molecule has 2 N–H and O–H groups in total. The van der Waals surface area contributed by atoms with Crippen molar-refractivity contribution in [2.75, 3.05) is 37.0 Å². The molecule has 1 aromatic heterocycles. The van der Waals surface area contributed by atoms with Crippen molar-refractivity contribution in [2.45, 2.75) is 32.3 Å². The number of aliphatic hydroxyl groups is 1. The number of hydrogen-bond acceptors (Lipinski definition) is 6. The molecule has 0 aromatic carbocycles. The summed E-state index contributed by atoms with van der Waals surface area (Å²) in [4.78, 5) is 10.7. The summed E-state index contributed by atoms with van der Waals surface area (Å²) in [6.07, 6.45) is 3.01. The Kier molecular flexibility index (Phi) is 4.09. The van der Waals surface area contributed by atoms with Gasteiger partial charge in [0.05, 0.1) is 12.7 Å². The lowest BCUT2D eigenvalue weighted by Gasteiger charge is -2.36. The molecule has 2 rings (SSSR count). The molecular weight excluding hydrogens is 244 g/mol. The van der Waals surface area contributed by atoms with Crippen LogP contribution in [0.4, 0.5) is 11.6 Å². The van der Waals surface area contributed by atoms with Crippen LogP contribution in [0.1, 0.15) is 26.7 Å². The molecule has 0 bridgehead atoms. The molecule has 0 aliphatic carbocycles. The lowest BCUT2D eigenvalue weighted by atomic mass is 9.94. The summed E-state index contributed by atoms with van der Waals surface area (Å²) in [7, 11) is 1.63. The smallest absolute Gasteiger partial charge is 0.204 e. The van der Waals surface area contributed by atoms with Crippen molar-refractivity contribution < 1.29 is 9.84 Å². The van der Waals surface area contributed by atoms with E-state index in [0.717, 1.165) is 38.3 Å². The molecule has 0 saturated carbocycles. The standard InChI is InChI=1S/C13H22N4O2/c1-4-14-11-10(19-3)12(16-9-15-11)17-7-5-13(2,18)6-8-17/h9,18H,4-8H2,1-3H3,(H,14,15,16). The van der Waals surface area contributed by atoms with Crippen LogP contribution in [0.2, 0.25) is 0 Å². The third-order valence-electron chi connectivity index (χ3n) is 3.47. The molecule has 1 saturated heterocycles. The van der Waals surface area contributed by atoms with Crippen molar-refractivity contribution in [3.05, 3.63) is 6.33 Å². The van der Waals surface area contributed by atoms with Crippen molar-refractivity contribution in [3.8, 4) is 5.75 Å². The van der Waals surface area contributed by atoms with Gasteiger partial charge in [0, 0.05) is 19.6 Å². The summed E-state index contributed by atoms with van der Waals surface area (Å²) in [5.74, 6) is 2.18. The number of hydrogen-bond donors (Lipinski definition) is 2. The molecule has 6 heteroatoms. The third kappa shape index (κ3) is 3.07. The van der Waals surface area contributed by atoms with Crippen molar-refractivity contribution in [1.82, 2.24) is 9.97 Å². The number of methoxy groups -OCH3 is 1. The largest absolute Gasteiger partial charge is 0.490 e. The fraction of sp³-hybridized carbons (Fsp3) is 0.692. The van der Waals surface area contributed by atoms with E-state index in [0.29, 0.717) is 11.6 Å². The van der Waals surface area contributed by atoms with Gasteiger partial charge in [0.2, 0.25) is 5.75 Å². The highest BCUT2D eigenvalue weighted by Gasteiger charge is 2.29. The van der Waals surface area contributed by atoms with E-state index >= 15 is 0 Å². The van der Waals surface area contributed by atoms with Crippen molar-refractivity contribution in [3.63, 3.8) is 0 Å². The van der Waals surface area contributed by atoms with Crippen molar-refractivity contribution in [1.29, 1.82) is 0 Å². The Balaban J connectivity index is 2.22. The van der Waals surface area contributed by atoms with Gasteiger partial charge in [-0.05, 0) is 26.7 Å². The molecule has 106 valence electrons. The van der Waals surface area contributed by atoms with Gasteiger partial charge in [-0.1, -0.05) is 0 Å². The molecule has 0 radical (unpaired) electrons. The Morgan fingerprint density at radius 2 is 2.11 bits per heavy atom. The van der Waals surface area contributed by atoms with Crippen LogP contribution in [0.5, 0.6) is 5.75 Å². The first-order valence-corrected chi connectivity index (χ1v) is 6.67. The molecule has 1 aliphatic heterocycles. The van der Waals surface area contributed by atoms with Gasteiger partial charge in [-0.15, -0.1) is 0 Å². The second-order valence-electron chi connectivity index (χ2n) is 5.09. The van der Waals surface area contributed by atoms with E-state index in [4.69, 9.17) is 4.74 Å². The van der Waals surface area contributed by atoms with Crippen LogP contribution < -0.4 is 15.0 Å². The third-order valence-corrected chi connectivity index (χ3v) is 3.47. The number of anilines is 2. The monoisotopic (exact) mass is 266 g/mol. The van der Waals surface area contributed by atoms with E-state index in [1.165, 1.54) is 0 Å². The SMILES string of the molecule is CCNc1ncnc(N2CCC(C)(O)CC2)c1OC. The number of aromatic nitrogens is 2. The van der Waals surface area contributed by atoms with Gasteiger partial charge < -0.3 is 20.1 Å². The first-order chi connectivity index (χ1) is 9.07. The molecule has 1 aromatic rings. The van der Waals surface area contributed by atoms with E-state index in [2.05, 4.69) is 20.2 Å². The van der Waals surface area contributed by atoms with Gasteiger partial charge in [0.1, 0.15) is 6.33 Å². The highest BCUT2D eigenvalue weighted by atomic mass is 16.5. The zero-order valence-electron chi connectivity index (χ0n) is 11.8. The van der Waals surface area contributed by atoms with E-state index < -0.39 is 5.60 Å². The van der Waals surface area contributed by atoms with E-state index in [1.807, 2.05) is 13.8 Å². The minimum Gasteiger partial charge on any atom is -0.490 e. The minimum absolute atomic E-state index is 0.568. The van der Waals surface area contributed by atoms with E-state index in [-0.39, 0.29) is 0 Å². The van der Waals surface area contributed by atoms with Crippen molar-refractivity contribution >= 4 is 11.6 Å². The number of piperidine rings is 1. The van der Waals surface area contributed by atoms with Crippen LogP contribution in [0, 0.1) is 0 Å². The van der Waals surface area contributed by atoms with Gasteiger partial charge >= 0.3 is 0 Å². The summed E-state index contributed by atoms with van der Waals surface area (Å²) in [6.45, 7) is 6.21. The fourth-order valence-electron chi connectivity index (χ4n) is 2.27. The van der Waals surface area contributed by atoms with Crippen LogP contribution in [0.3, 0.4) is 0 Å². The second kappa shape index (κ2) is 5.61. The fourth-order valence-corrected chi connectivity index (χ4v) is 2.27. The van der Waals surface area contributed by atoms with E-state index in [9.17, 15) is 5.11 Å². The van der Waals surface area contributed by atoms with Crippen LogP contribution in [-0.2, 0) is 0 Å². The molecule has 6 nitrogen and oxygen atoms in total. The van der Waals surface area contributed by atoms with Gasteiger partial charge in [-0.25, -0.2) is 9.97 Å². The molecule has 0 atom stereocenters. The summed E-state index contributed by atoms with van der Waals surface area (Å²) in [6, 6.07) is 0. The Bertz CT molecular complexity index is 427. The van der Waals surface area contributed by atoms with Gasteiger partial charge in [-0.2, -0.15) is 0 Å². The molecule has 19 heavy (non-hydrogen) atoms. The second-order valence-corrected chi connectivity index (χ2v) is 5.09. The van der Waals surface area contributed by atoms with Gasteiger partial charge in [0.25, 0.3) is 0 Å². The average molecular weight is 266 g/mol. The number of ether oxygens (including phenoxy) is 1. The molecule has 0 amide bonds. The van der Waals surface area contributed by atoms with Gasteiger partial charge in [0.15, 0.2) is 11.6 Å². The Morgan fingerprint density at radius 1 is 1.42 bits per heavy atom. The topological polar surface area (TPSA) is 70.5 Å². The van der Waals surface area contributed by atoms with E-state index in [1.54, 1.807) is 13.4 Å². The summed E-state index contributed by atoms with van der Waals surface area (Å²) in [5.41, 5.74) is -0.568. The normalized spacial score (nSPS) is 18.2. The van der Waals surface area contributed by atoms with Crippen molar-refractivity contribution in [2.24, 2.45) is 0 Å². The number of rotatable bonds is 4. The molecule has 0 spiro atoms. The lowest BCUT2D eigenvalue weighted by Crippen LogP contribution is -2.43. The lowest BCUT2D eigenvalue weighted by molar-refractivity contribution is 0.0349. The quantitative estimate of drug-likeness (QED) is 0.855. The predicted molar refractivity (Wildman–Crippen MR) is 74.8 cm³/mol. The van der Waals surface area contributed by atoms with Crippen LogP contribution in [0.25, 0.3) is 0 Å². The molecule has 1 fully saturated rings. The highest BCUT2D eigenvalue weighted by Crippen LogP contribution is 2.34. The molecular formula is C13H22N4O2. The Hall–Kier alpha value is -1.56. The Morgan fingerprint density at radius 3 is 2.68 bits per heavy atom. The maximum atomic E-state index is 10.0. The molecule has 1 aliphatic rings. The maximum absolute atomic E-state index is 10.0. The summed E-state index contributed by atoms with van der Waals surface area (Å²) < 4.78 is 5.44. The van der Waals surface area contributed by atoms with Crippen LogP contribution in [-0.4, -0.2) is 47.4 Å². The zero-order valence-corrected chi connectivity index (χ0v) is 11.8. The van der Waals surface area contributed by atoms with Crippen LogP contribution in [0.15, 0.2) is 6.33 Å². The molecule has 2 heterocycles. The molecule has 0 unspecified atom stereocenters. The summed E-state index contributed by atoms with van der Waals surface area (Å²) >= 11 is 0. The predicted octanol–water partition coefficient (Wildman–Crippen LogP) is 1.27. The maximum Gasteiger partial charge on any atom is 0.204 e.